The fourth-order valence-electron chi connectivity index (χ4n) is 2.18. The Morgan fingerprint density at radius 1 is 1.28 bits per heavy atom. The SMILES string of the molecule is CCC1SCCSC1C(N)CCCS(=O)(=O)CC. The van der Waals surface area contributed by atoms with E-state index in [1.54, 1.807) is 6.92 Å². The number of nitrogens with two attached hydrogens (primary N) is 1. The molecule has 1 rings (SSSR count). The van der Waals surface area contributed by atoms with Crippen molar-refractivity contribution in [3.8, 4) is 0 Å². The predicted molar refractivity (Wildman–Crippen MR) is 84.3 cm³/mol. The summed E-state index contributed by atoms with van der Waals surface area (Å²) >= 11 is 4.00. The average molecular weight is 312 g/mol. The molecule has 0 spiro atoms. The van der Waals surface area contributed by atoms with Crippen molar-refractivity contribution in [2.24, 2.45) is 5.73 Å². The molecule has 3 atom stereocenters. The normalized spacial score (nSPS) is 27.1. The van der Waals surface area contributed by atoms with Crippen molar-refractivity contribution in [3.63, 3.8) is 0 Å². The highest BCUT2D eigenvalue weighted by Gasteiger charge is 2.29. The molecule has 108 valence electrons. The van der Waals surface area contributed by atoms with E-state index < -0.39 is 9.84 Å². The molecule has 3 nitrogen and oxygen atoms in total. The molecule has 0 aromatic carbocycles. The Kier molecular flexibility index (Phi) is 7.43. The molecule has 1 heterocycles. The van der Waals surface area contributed by atoms with Gasteiger partial charge in [-0.2, -0.15) is 23.5 Å². The van der Waals surface area contributed by atoms with Gasteiger partial charge in [-0.25, -0.2) is 8.42 Å². The van der Waals surface area contributed by atoms with Gasteiger partial charge in [0.25, 0.3) is 0 Å². The summed E-state index contributed by atoms with van der Waals surface area (Å²) < 4.78 is 22.9. The van der Waals surface area contributed by atoms with Crippen molar-refractivity contribution >= 4 is 33.4 Å². The van der Waals surface area contributed by atoms with Gasteiger partial charge in [-0.05, 0) is 19.3 Å². The molecular weight excluding hydrogens is 286 g/mol. The van der Waals surface area contributed by atoms with Gasteiger partial charge in [0.2, 0.25) is 0 Å². The van der Waals surface area contributed by atoms with Crippen molar-refractivity contribution in [2.75, 3.05) is 23.0 Å². The lowest BCUT2D eigenvalue weighted by atomic mass is 10.1. The number of rotatable bonds is 7. The maximum atomic E-state index is 11.4. The molecule has 0 bridgehead atoms. The molecule has 1 saturated heterocycles. The van der Waals surface area contributed by atoms with E-state index >= 15 is 0 Å². The van der Waals surface area contributed by atoms with Crippen LogP contribution in [0.15, 0.2) is 0 Å². The topological polar surface area (TPSA) is 60.2 Å². The summed E-state index contributed by atoms with van der Waals surface area (Å²) in [7, 11) is -2.83. The fourth-order valence-corrected chi connectivity index (χ4v) is 6.31. The van der Waals surface area contributed by atoms with Crippen molar-refractivity contribution in [1.82, 2.24) is 0 Å². The van der Waals surface area contributed by atoms with Crippen LogP contribution in [0.1, 0.15) is 33.1 Å². The first kappa shape index (κ1) is 16.7. The summed E-state index contributed by atoms with van der Waals surface area (Å²) in [6.07, 6.45) is 2.69. The minimum Gasteiger partial charge on any atom is -0.327 e. The molecule has 1 aliphatic rings. The van der Waals surface area contributed by atoms with Crippen LogP contribution in [0.2, 0.25) is 0 Å². The highest BCUT2D eigenvalue weighted by atomic mass is 32.2. The van der Waals surface area contributed by atoms with Crippen LogP contribution in [0.5, 0.6) is 0 Å². The van der Waals surface area contributed by atoms with Crippen LogP contribution in [0.3, 0.4) is 0 Å². The standard InChI is InChI=1S/C12H25NO2S3/c1-3-11-12(17-8-7-16-11)10(13)6-5-9-18(14,15)4-2/h10-12H,3-9,13H2,1-2H3. The minimum absolute atomic E-state index is 0.139. The molecule has 2 N–H and O–H groups in total. The smallest absolute Gasteiger partial charge is 0.150 e. The zero-order chi connectivity index (χ0) is 13.6. The predicted octanol–water partition coefficient (Wildman–Crippen LogP) is 2.16. The molecule has 1 aliphatic heterocycles. The summed E-state index contributed by atoms with van der Waals surface area (Å²) in [5.74, 6) is 2.93. The molecule has 0 saturated carbocycles. The highest BCUT2D eigenvalue weighted by Crippen LogP contribution is 2.35. The van der Waals surface area contributed by atoms with Crippen LogP contribution in [0.25, 0.3) is 0 Å². The van der Waals surface area contributed by atoms with Crippen LogP contribution < -0.4 is 5.73 Å². The van der Waals surface area contributed by atoms with E-state index in [1.807, 2.05) is 23.5 Å². The second kappa shape index (κ2) is 8.02. The third-order valence-electron chi connectivity index (χ3n) is 3.35. The van der Waals surface area contributed by atoms with Gasteiger partial charge in [-0.1, -0.05) is 13.8 Å². The van der Waals surface area contributed by atoms with Gasteiger partial charge in [-0.15, -0.1) is 0 Å². The summed E-state index contributed by atoms with van der Waals surface area (Å²) in [5, 5.41) is 1.14. The highest BCUT2D eigenvalue weighted by molar-refractivity contribution is 8.07. The first-order valence-electron chi connectivity index (χ1n) is 6.69. The maximum absolute atomic E-state index is 11.4. The van der Waals surface area contributed by atoms with Crippen LogP contribution in [-0.4, -0.2) is 48.0 Å². The molecule has 18 heavy (non-hydrogen) atoms. The Morgan fingerprint density at radius 3 is 2.56 bits per heavy atom. The largest absolute Gasteiger partial charge is 0.327 e. The first-order chi connectivity index (χ1) is 8.50. The van der Waals surface area contributed by atoms with E-state index in [0.717, 1.165) is 12.8 Å². The van der Waals surface area contributed by atoms with E-state index in [9.17, 15) is 8.42 Å². The summed E-state index contributed by atoms with van der Waals surface area (Å²) in [5.41, 5.74) is 6.26. The summed E-state index contributed by atoms with van der Waals surface area (Å²) in [6.45, 7) is 3.92. The molecule has 0 aromatic heterocycles. The number of thioether (sulfide) groups is 2. The Morgan fingerprint density at radius 2 is 1.94 bits per heavy atom. The Labute approximate surface area is 120 Å². The van der Waals surface area contributed by atoms with Crippen LogP contribution >= 0.6 is 23.5 Å². The van der Waals surface area contributed by atoms with Gasteiger partial charge in [0.15, 0.2) is 0 Å². The van der Waals surface area contributed by atoms with E-state index in [4.69, 9.17) is 5.73 Å². The van der Waals surface area contributed by atoms with Crippen molar-refractivity contribution < 1.29 is 8.42 Å². The molecule has 0 aromatic rings. The van der Waals surface area contributed by atoms with E-state index in [1.165, 1.54) is 11.5 Å². The van der Waals surface area contributed by atoms with Gasteiger partial charge in [0.05, 0.1) is 5.75 Å². The summed E-state index contributed by atoms with van der Waals surface area (Å²) in [4.78, 5) is 0. The zero-order valence-electron chi connectivity index (χ0n) is 11.3. The van der Waals surface area contributed by atoms with Crippen LogP contribution in [-0.2, 0) is 9.84 Å². The molecule has 1 fully saturated rings. The quantitative estimate of drug-likeness (QED) is 0.780. The van der Waals surface area contributed by atoms with Gasteiger partial charge in [0, 0.05) is 33.8 Å². The van der Waals surface area contributed by atoms with E-state index in [0.29, 0.717) is 22.7 Å². The Balaban J connectivity index is 2.37. The second-order valence-electron chi connectivity index (χ2n) is 4.70. The molecule has 0 amide bonds. The van der Waals surface area contributed by atoms with E-state index in [-0.39, 0.29) is 11.8 Å². The van der Waals surface area contributed by atoms with Gasteiger partial charge in [0.1, 0.15) is 9.84 Å². The lowest BCUT2D eigenvalue weighted by molar-refractivity contribution is 0.547. The van der Waals surface area contributed by atoms with E-state index in [2.05, 4.69) is 6.92 Å². The Hall–Kier alpha value is 0.610. The number of hydrogen-bond acceptors (Lipinski definition) is 5. The lowest BCUT2D eigenvalue weighted by Gasteiger charge is -2.34. The third kappa shape index (κ3) is 5.31. The van der Waals surface area contributed by atoms with Crippen LogP contribution in [0.4, 0.5) is 0 Å². The fraction of sp³-hybridized carbons (Fsp3) is 1.00. The van der Waals surface area contributed by atoms with Gasteiger partial charge in [-0.3, -0.25) is 0 Å². The molecule has 3 unspecified atom stereocenters. The number of hydrogen-bond donors (Lipinski definition) is 1. The van der Waals surface area contributed by atoms with Gasteiger partial charge >= 0.3 is 0 Å². The van der Waals surface area contributed by atoms with Crippen molar-refractivity contribution in [1.29, 1.82) is 0 Å². The molecule has 0 aliphatic carbocycles. The van der Waals surface area contributed by atoms with Crippen LogP contribution in [0, 0.1) is 0 Å². The molecular formula is C12H25NO2S3. The third-order valence-corrected chi connectivity index (χ3v) is 8.57. The number of sulfone groups is 1. The van der Waals surface area contributed by atoms with Gasteiger partial charge < -0.3 is 5.73 Å². The first-order valence-corrected chi connectivity index (χ1v) is 10.6. The second-order valence-corrected chi connectivity index (χ2v) is 9.80. The van der Waals surface area contributed by atoms with Crippen molar-refractivity contribution in [3.05, 3.63) is 0 Å². The van der Waals surface area contributed by atoms with Crippen molar-refractivity contribution in [2.45, 2.75) is 49.7 Å². The molecule has 0 radical (unpaired) electrons. The minimum atomic E-state index is -2.83. The lowest BCUT2D eigenvalue weighted by Crippen LogP contribution is -2.41. The molecule has 6 heteroatoms. The maximum Gasteiger partial charge on any atom is 0.150 e. The average Bonchev–Trinajstić information content (AvgIpc) is 2.38. The summed E-state index contributed by atoms with van der Waals surface area (Å²) in [6, 6.07) is 0.139. The Bertz CT molecular complexity index is 332. The monoisotopic (exact) mass is 311 g/mol. The zero-order valence-corrected chi connectivity index (χ0v) is 13.7.